The third-order valence-corrected chi connectivity index (χ3v) is 4.89. The third-order valence-electron chi connectivity index (χ3n) is 4.46. The highest BCUT2D eigenvalue weighted by Gasteiger charge is 2.22. The van der Waals surface area contributed by atoms with Gasteiger partial charge in [-0.15, -0.1) is 0 Å². The minimum absolute atomic E-state index is 0.223. The summed E-state index contributed by atoms with van der Waals surface area (Å²) >= 11 is 11.9. The number of nitrogens with one attached hydrogen (secondary N) is 2. The first kappa shape index (κ1) is 20.1. The zero-order valence-electron chi connectivity index (χ0n) is 14.8. The maximum atomic E-state index is 14.1. The molecule has 146 valence electrons. The Hall–Kier alpha value is -2.64. The van der Waals surface area contributed by atoms with Crippen LogP contribution in [-0.2, 0) is 0 Å². The molecular weight excluding hydrogens is 411 g/mol. The van der Waals surface area contributed by atoms with Crippen molar-refractivity contribution in [3.05, 3.63) is 74.1 Å². The molecule has 2 N–H and O–H groups in total. The number of anilines is 1. The van der Waals surface area contributed by atoms with Gasteiger partial charge in [0.05, 0.1) is 11.4 Å². The molecule has 0 fully saturated rings. The van der Waals surface area contributed by atoms with Crippen molar-refractivity contribution < 1.29 is 13.6 Å². The number of benzene rings is 2. The molecule has 0 aliphatic rings. The smallest absolute Gasteiger partial charge is 0.322 e. The van der Waals surface area contributed by atoms with E-state index in [9.17, 15) is 18.4 Å². The Labute approximate surface area is 168 Å². The number of carbonyl (C=O) groups is 1. The van der Waals surface area contributed by atoms with Crippen LogP contribution in [0.25, 0.3) is 10.8 Å². The first-order valence-corrected chi connectivity index (χ1v) is 8.94. The van der Waals surface area contributed by atoms with Gasteiger partial charge in [0.15, 0.2) is 11.6 Å². The molecule has 1 unspecified atom stereocenters. The quantitative estimate of drug-likeness (QED) is 0.594. The predicted molar refractivity (Wildman–Crippen MR) is 106 cm³/mol. The van der Waals surface area contributed by atoms with E-state index in [4.69, 9.17) is 23.2 Å². The summed E-state index contributed by atoms with van der Waals surface area (Å²) in [6, 6.07) is 5.82. The number of nitrogens with zero attached hydrogens (tertiary/aromatic N) is 1. The van der Waals surface area contributed by atoms with Gasteiger partial charge in [-0.05, 0) is 42.1 Å². The van der Waals surface area contributed by atoms with Crippen molar-refractivity contribution in [2.45, 2.75) is 13.0 Å². The SMILES string of the molecule is CC(c1c[nH]c(=O)c2c(F)c(F)ccc12)N(C)C(=O)Nc1cc(Cl)cc(Cl)c1. The maximum Gasteiger partial charge on any atom is 0.322 e. The summed E-state index contributed by atoms with van der Waals surface area (Å²) in [4.78, 5) is 28.3. The highest BCUT2D eigenvalue weighted by atomic mass is 35.5. The standard InChI is InChI=1S/C19H15Cl2F2N3O2/c1-9(26(2)19(28)25-12-6-10(20)5-11(21)7-12)14-8-24-18(27)16-13(14)3-4-15(22)17(16)23/h3-9H,1-2H3,(H,24,27)(H,25,28). The van der Waals surface area contributed by atoms with E-state index in [1.54, 1.807) is 6.92 Å². The van der Waals surface area contributed by atoms with Crippen molar-refractivity contribution in [3.8, 4) is 0 Å². The number of aromatic amines is 1. The summed E-state index contributed by atoms with van der Waals surface area (Å²) in [7, 11) is 1.53. The molecule has 0 spiro atoms. The van der Waals surface area contributed by atoms with Crippen molar-refractivity contribution in [3.63, 3.8) is 0 Å². The summed E-state index contributed by atoms with van der Waals surface area (Å²) in [5.74, 6) is -2.35. The summed E-state index contributed by atoms with van der Waals surface area (Å²) in [5, 5.41) is 3.23. The highest BCUT2D eigenvalue weighted by molar-refractivity contribution is 6.35. The molecule has 1 aromatic heterocycles. The van der Waals surface area contributed by atoms with Gasteiger partial charge in [0.1, 0.15) is 0 Å². The number of carbonyl (C=O) groups excluding carboxylic acids is 1. The van der Waals surface area contributed by atoms with E-state index in [-0.39, 0.29) is 10.8 Å². The fourth-order valence-electron chi connectivity index (χ4n) is 2.87. The van der Waals surface area contributed by atoms with E-state index in [2.05, 4.69) is 10.3 Å². The molecule has 0 saturated heterocycles. The Morgan fingerprint density at radius 2 is 1.82 bits per heavy atom. The topological polar surface area (TPSA) is 65.2 Å². The second-order valence-electron chi connectivity index (χ2n) is 6.23. The van der Waals surface area contributed by atoms with Crippen LogP contribution in [-0.4, -0.2) is 23.0 Å². The van der Waals surface area contributed by atoms with E-state index >= 15 is 0 Å². The third kappa shape index (κ3) is 3.81. The number of H-pyrrole nitrogens is 1. The molecule has 9 heteroatoms. The van der Waals surface area contributed by atoms with E-state index in [0.29, 0.717) is 21.3 Å². The molecule has 3 aromatic rings. The van der Waals surface area contributed by atoms with Crippen molar-refractivity contribution in [2.24, 2.45) is 0 Å². The van der Waals surface area contributed by atoms with E-state index in [1.165, 1.54) is 42.4 Å². The number of hydrogen-bond acceptors (Lipinski definition) is 2. The second-order valence-corrected chi connectivity index (χ2v) is 7.11. The molecule has 0 aliphatic carbocycles. The van der Waals surface area contributed by atoms with Gasteiger partial charge in [-0.25, -0.2) is 13.6 Å². The van der Waals surface area contributed by atoms with Gasteiger partial charge in [-0.3, -0.25) is 4.79 Å². The van der Waals surface area contributed by atoms with E-state index in [0.717, 1.165) is 6.07 Å². The molecule has 2 amide bonds. The van der Waals surface area contributed by atoms with Crippen molar-refractivity contribution >= 4 is 45.7 Å². The van der Waals surface area contributed by atoms with Gasteiger partial charge < -0.3 is 15.2 Å². The average Bonchev–Trinajstić information content (AvgIpc) is 2.62. The van der Waals surface area contributed by atoms with Crippen molar-refractivity contribution in [1.82, 2.24) is 9.88 Å². The van der Waals surface area contributed by atoms with Crippen LogP contribution in [0.15, 0.2) is 41.3 Å². The van der Waals surface area contributed by atoms with Crippen LogP contribution in [0.2, 0.25) is 10.0 Å². The van der Waals surface area contributed by atoms with Gasteiger partial charge in [0.25, 0.3) is 5.56 Å². The van der Waals surface area contributed by atoms with Crippen LogP contribution in [0.5, 0.6) is 0 Å². The highest BCUT2D eigenvalue weighted by Crippen LogP contribution is 2.28. The Balaban J connectivity index is 1.94. The minimum atomic E-state index is -1.23. The Kier molecular flexibility index (Phi) is 5.58. The van der Waals surface area contributed by atoms with Crippen LogP contribution < -0.4 is 10.9 Å². The van der Waals surface area contributed by atoms with Crippen LogP contribution in [0.1, 0.15) is 18.5 Å². The van der Waals surface area contributed by atoms with Gasteiger partial charge >= 0.3 is 6.03 Å². The largest absolute Gasteiger partial charge is 0.328 e. The predicted octanol–water partition coefficient (Wildman–Crippen LogP) is 5.34. The van der Waals surface area contributed by atoms with Gasteiger partial charge in [0, 0.05) is 29.0 Å². The van der Waals surface area contributed by atoms with Crippen molar-refractivity contribution in [2.75, 3.05) is 12.4 Å². The van der Waals surface area contributed by atoms with Gasteiger partial charge in [0.2, 0.25) is 0 Å². The number of hydrogen-bond donors (Lipinski definition) is 2. The number of pyridine rings is 1. The zero-order chi connectivity index (χ0) is 20.6. The van der Waals surface area contributed by atoms with Crippen LogP contribution in [0, 0.1) is 11.6 Å². The Bertz CT molecular complexity index is 1110. The van der Waals surface area contributed by atoms with E-state index < -0.39 is 29.3 Å². The molecule has 0 bridgehead atoms. The summed E-state index contributed by atoms with van der Waals surface area (Å²) in [5.41, 5.74) is 0.111. The summed E-state index contributed by atoms with van der Waals surface area (Å²) < 4.78 is 27.6. The van der Waals surface area contributed by atoms with Crippen LogP contribution in [0.4, 0.5) is 19.3 Å². The molecule has 1 atom stereocenters. The molecule has 3 rings (SSSR count). The molecular formula is C19H15Cl2F2N3O2. The monoisotopic (exact) mass is 425 g/mol. The first-order valence-electron chi connectivity index (χ1n) is 8.18. The Morgan fingerprint density at radius 1 is 1.18 bits per heavy atom. The number of fused-ring (bicyclic) bond motifs is 1. The number of halogens is 4. The molecule has 0 saturated carbocycles. The summed E-state index contributed by atoms with van der Waals surface area (Å²) in [6.45, 7) is 1.69. The molecule has 5 nitrogen and oxygen atoms in total. The lowest BCUT2D eigenvalue weighted by Crippen LogP contribution is -2.34. The fourth-order valence-corrected chi connectivity index (χ4v) is 3.40. The Morgan fingerprint density at radius 3 is 2.46 bits per heavy atom. The van der Waals surface area contributed by atoms with Gasteiger partial charge in [-0.1, -0.05) is 29.3 Å². The fraction of sp³-hybridized carbons (Fsp3) is 0.158. The van der Waals surface area contributed by atoms with Gasteiger partial charge in [-0.2, -0.15) is 0 Å². The number of urea groups is 1. The van der Waals surface area contributed by atoms with E-state index in [1.807, 2.05) is 0 Å². The first-order chi connectivity index (χ1) is 13.2. The number of amides is 2. The molecule has 28 heavy (non-hydrogen) atoms. The lowest BCUT2D eigenvalue weighted by Gasteiger charge is -2.26. The van der Waals surface area contributed by atoms with Crippen LogP contribution in [0.3, 0.4) is 0 Å². The molecule has 0 radical (unpaired) electrons. The van der Waals surface area contributed by atoms with Crippen LogP contribution >= 0.6 is 23.2 Å². The minimum Gasteiger partial charge on any atom is -0.328 e. The molecule has 0 aliphatic heterocycles. The molecule has 1 heterocycles. The number of aromatic nitrogens is 1. The second kappa shape index (κ2) is 7.77. The molecule has 2 aromatic carbocycles. The lowest BCUT2D eigenvalue weighted by molar-refractivity contribution is 0.208. The number of rotatable bonds is 3. The summed E-state index contributed by atoms with van der Waals surface area (Å²) in [6.07, 6.45) is 1.38. The maximum absolute atomic E-state index is 14.1. The zero-order valence-corrected chi connectivity index (χ0v) is 16.3. The normalized spacial score (nSPS) is 12.1. The van der Waals surface area contributed by atoms with Crippen molar-refractivity contribution in [1.29, 1.82) is 0 Å². The average molecular weight is 426 g/mol. The lowest BCUT2D eigenvalue weighted by atomic mass is 10.0.